The van der Waals surface area contributed by atoms with Crippen molar-refractivity contribution in [2.75, 3.05) is 23.8 Å². The highest BCUT2D eigenvalue weighted by molar-refractivity contribution is 7.80. The van der Waals surface area contributed by atoms with Gasteiger partial charge >= 0.3 is 0 Å². The van der Waals surface area contributed by atoms with E-state index in [1.54, 1.807) is 0 Å². The van der Waals surface area contributed by atoms with Crippen molar-refractivity contribution in [3.05, 3.63) is 48.5 Å². The van der Waals surface area contributed by atoms with Crippen molar-refractivity contribution >= 4 is 28.7 Å². The maximum atomic E-state index is 5.66. The molecule has 2 aromatic rings. The van der Waals surface area contributed by atoms with E-state index >= 15 is 0 Å². The summed E-state index contributed by atoms with van der Waals surface area (Å²) in [6.45, 7) is 5.80. The number of hydrogen-bond donors (Lipinski definition) is 2. The van der Waals surface area contributed by atoms with Gasteiger partial charge in [-0.3, -0.25) is 0 Å². The van der Waals surface area contributed by atoms with Gasteiger partial charge in [0.25, 0.3) is 0 Å². The van der Waals surface area contributed by atoms with E-state index < -0.39 is 0 Å². The second-order valence-electron chi connectivity index (χ2n) is 6.03. The van der Waals surface area contributed by atoms with Gasteiger partial charge in [0.2, 0.25) is 0 Å². The van der Waals surface area contributed by atoms with Crippen LogP contribution in [0.25, 0.3) is 0 Å². The molecule has 140 valence electrons. The summed E-state index contributed by atoms with van der Waals surface area (Å²) in [6, 6.07) is 15.6. The van der Waals surface area contributed by atoms with Crippen LogP contribution in [0, 0.1) is 0 Å². The zero-order valence-corrected chi connectivity index (χ0v) is 16.4. The molecule has 0 bridgehead atoms. The predicted octanol–water partition coefficient (Wildman–Crippen LogP) is 5.85. The Kier molecular flexibility index (Phi) is 8.76. The number of nitrogens with one attached hydrogen (secondary N) is 2. The van der Waals surface area contributed by atoms with Crippen LogP contribution >= 0.6 is 12.2 Å². The molecule has 0 spiro atoms. The Bertz CT molecular complexity index is 599. The molecule has 2 N–H and O–H groups in total. The molecular formula is C21H28N2O2S. The molecule has 0 saturated carbocycles. The molecule has 0 unspecified atom stereocenters. The zero-order chi connectivity index (χ0) is 18.6. The lowest BCUT2D eigenvalue weighted by molar-refractivity contribution is 0.309. The van der Waals surface area contributed by atoms with Gasteiger partial charge in [0, 0.05) is 11.4 Å². The first kappa shape index (κ1) is 20.0. The Labute approximate surface area is 161 Å². The minimum absolute atomic E-state index is 0.546. The van der Waals surface area contributed by atoms with Crippen LogP contribution in [0.15, 0.2) is 48.5 Å². The summed E-state index contributed by atoms with van der Waals surface area (Å²) in [5.41, 5.74) is 1.84. The Balaban J connectivity index is 1.78. The highest BCUT2D eigenvalue weighted by atomic mass is 32.1. The van der Waals surface area contributed by atoms with Gasteiger partial charge < -0.3 is 20.1 Å². The SMILES string of the molecule is CCCCOc1ccc(NC(=S)Nc2ccc(OCCCC)cc2)cc1. The molecule has 0 aliphatic rings. The number of rotatable bonds is 10. The summed E-state index contributed by atoms with van der Waals surface area (Å²) in [5.74, 6) is 1.75. The average molecular weight is 373 g/mol. The number of thiocarbonyl (C=S) groups is 1. The average Bonchev–Trinajstić information content (AvgIpc) is 2.65. The van der Waals surface area contributed by atoms with Crippen molar-refractivity contribution in [1.82, 2.24) is 0 Å². The van der Waals surface area contributed by atoms with Gasteiger partial charge in [-0.25, -0.2) is 0 Å². The lowest BCUT2D eigenvalue weighted by Gasteiger charge is -2.12. The molecular weight excluding hydrogens is 344 g/mol. The predicted molar refractivity (Wildman–Crippen MR) is 114 cm³/mol. The van der Waals surface area contributed by atoms with E-state index in [0.717, 1.165) is 61.8 Å². The number of unbranched alkanes of at least 4 members (excludes halogenated alkanes) is 2. The molecule has 0 amide bonds. The van der Waals surface area contributed by atoms with Crippen LogP contribution < -0.4 is 20.1 Å². The number of anilines is 2. The molecule has 0 aliphatic carbocycles. The van der Waals surface area contributed by atoms with Gasteiger partial charge in [-0.2, -0.15) is 0 Å². The smallest absolute Gasteiger partial charge is 0.175 e. The van der Waals surface area contributed by atoms with Crippen molar-refractivity contribution in [3.63, 3.8) is 0 Å². The molecule has 0 radical (unpaired) electrons. The summed E-state index contributed by atoms with van der Waals surface area (Å²) in [4.78, 5) is 0. The summed E-state index contributed by atoms with van der Waals surface area (Å²) in [5, 5.41) is 6.90. The van der Waals surface area contributed by atoms with Crippen LogP contribution in [0.4, 0.5) is 11.4 Å². The van der Waals surface area contributed by atoms with E-state index in [9.17, 15) is 0 Å². The van der Waals surface area contributed by atoms with E-state index in [4.69, 9.17) is 21.7 Å². The largest absolute Gasteiger partial charge is 0.494 e. The molecule has 26 heavy (non-hydrogen) atoms. The second kappa shape index (κ2) is 11.4. The highest BCUT2D eigenvalue weighted by Crippen LogP contribution is 2.18. The van der Waals surface area contributed by atoms with Gasteiger partial charge in [-0.1, -0.05) is 26.7 Å². The van der Waals surface area contributed by atoms with E-state index in [1.807, 2.05) is 48.5 Å². The van der Waals surface area contributed by atoms with Crippen LogP contribution in [0.3, 0.4) is 0 Å². The monoisotopic (exact) mass is 372 g/mol. The molecule has 2 rings (SSSR count). The van der Waals surface area contributed by atoms with Crippen molar-refractivity contribution in [3.8, 4) is 11.5 Å². The summed E-state index contributed by atoms with van der Waals surface area (Å²) >= 11 is 5.37. The Morgan fingerprint density at radius 3 is 1.46 bits per heavy atom. The quantitative estimate of drug-likeness (QED) is 0.404. The van der Waals surface area contributed by atoms with Crippen LogP contribution in [-0.2, 0) is 0 Å². The third kappa shape index (κ3) is 7.31. The second-order valence-corrected chi connectivity index (χ2v) is 6.44. The van der Waals surface area contributed by atoms with Gasteiger partial charge in [-0.15, -0.1) is 0 Å². The number of ether oxygens (including phenoxy) is 2. The molecule has 0 saturated heterocycles. The van der Waals surface area contributed by atoms with Gasteiger partial charge in [-0.05, 0) is 73.6 Å². The Morgan fingerprint density at radius 1 is 0.731 bits per heavy atom. The number of benzene rings is 2. The van der Waals surface area contributed by atoms with Crippen LogP contribution in [0.2, 0.25) is 0 Å². The lowest BCUT2D eigenvalue weighted by atomic mass is 10.3. The van der Waals surface area contributed by atoms with Crippen molar-refractivity contribution in [1.29, 1.82) is 0 Å². The summed E-state index contributed by atoms with van der Waals surface area (Å²) in [6.07, 6.45) is 4.39. The first-order chi connectivity index (χ1) is 12.7. The molecule has 4 nitrogen and oxygen atoms in total. The van der Waals surface area contributed by atoms with Crippen molar-refractivity contribution in [2.24, 2.45) is 0 Å². The fourth-order valence-electron chi connectivity index (χ4n) is 2.23. The lowest BCUT2D eigenvalue weighted by Crippen LogP contribution is -2.18. The first-order valence-electron chi connectivity index (χ1n) is 9.25. The molecule has 0 aliphatic heterocycles. The van der Waals surface area contributed by atoms with E-state index in [-0.39, 0.29) is 0 Å². The third-order valence-corrected chi connectivity index (χ3v) is 3.96. The van der Waals surface area contributed by atoms with E-state index in [0.29, 0.717) is 5.11 Å². The van der Waals surface area contributed by atoms with E-state index in [1.165, 1.54) is 0 Å². The standard InChI is InChI=1S/C21H28N2O2S/c1-3-5-15-24-19-11-7-17(8-12-19)22-21(26)23-18-9-13-20(14-10-18)25-16-6-4-2/h7-14H,3-6,15-16H2,1-2H3,(H2,22,23,26). The third-order valence-electron chi connectivity index (χ3n) is 3.76. The zero-order valence-electron chi connectivity index (χ0n) is 15.6. The normalized spacial score (nSPS) is 10.2. The maximum Gasteiger partial charge on any atom is 0.175 e. The minimum Gasteiger partial charge on any atom is -0.494 e. The Hall–Kier alpha value is -2.27. The minimum atomic E-state index is 0.546. The van der Waals surface area contributed by atoms with E-state index in [2.05, 4.69) is 24.5 Å². The van der Waals surface area contributed by atoms with Crippen molar-refractivity contribution < 1.29 is 9.47 Å². The summed E-state index contributed by atoms with van der Waals surface area (Å²) in [7, 11) is 0. The van der Waals surface area contributed by atoms with Crippen LogP contribution in [-0.4, -0.2) is 18.3 Å². The van der Waals surface area contributed by atoms with Gasteiger partial charge in [0.15, 0.2) is 5.11 Å². The Morgan fingerprint density at radius 2 is 1.12 bits per heavy atom. The van der Waals surface area contributed by atoms with Crippen LogP contribution in [0.1, 0.15) is 39.5 Å². The number of hydrogen-bond acceptors (Lipinski definition) is 3. The highest BCUT2D eigenvalue weighted by Gasteiger charge is 2.01. The van der Waals surface area contributed by atoms with Gasteiger partial charge in [0.1, 0.15) is 11.5 Å². The molecule has 0 atom stereocenters. The molecule has 0 fully saturated rings. The fraction of sp³-hybridized carbons (Fsp3) is 0.381. The fourth-order valence-corrected chi connectivity index (χ4v) is 2.47. The maximum absolute atomic E-state index is 5.66. The van der Waals surface area contributed by atoms with Gasteiger partial charge in [0.05, 0.1) is 13.2 Å². The summed E-state index contributed by atoms with van der Waals surface area (Å²) < 4.78 is 11.3. The van der Waals surface area contributed by atoms with Crippen molar-refractivity contribution in [2.45, 2.75) is 39.5 Å². The molecule has 2 aromatic carbocycles. The molecule has 5 heteroatoms. The molecule has 0 heterocycles. The molecule has 0 aromatic heterocycles. The first-order valence-corrected chi connectivity index (χ1v) is 9.65. The van der Waals surface area contributed by atoms with Crippen LogP contribution in [0.5, 0.6) is 11.5 Å². The topological polar surface area (TPSA) is 42.5 Å².